The molecule has 0 aromatic carbocycles. The summed E-state index contributed by atoms with van der Waals surface area (Å²) in [5, 5.41) is 0. The van der Waals surface area contributed by atoms with Gasteiger partial charge in [-0.2, -0.15) is 0 Å². The maximum Gasteiger partial charge on any atom is 0.310 e. The molecule has 0 rings (SSSR count). The Balaban J connectivity index is 4.45. The van der Waals surface area contributed by atoms with Gasteiger partial charge in [0.1, 0.15) is 13.2 Å². The van der Waals surface area contributed by atoms with E-state index in [2.05, 4.69) is 0 Å². The highest BCUT2D eigenvalue weighted by atomic mass is 16.6. The number of carbonyl (C=O) groups is 2. The normalized spacial score (nSPS) is 13.4. The van der Waals surface area contributed by atoms with E-state index in [4.69, 9.17) is 9.47 Å². The molecular formula is C18H32NO4+. The zero-order valence-electron chi connectivity index (χ0n) is 15.2. The first-order valence-electron chi connectivity index (χ1n) is 8.24. The van der Waals surface area contributed by atoms with E-state index in [0.29, 0.717) is 11.0 Å². The molecule has 0 saturated heterocycles. The molecule has 0 fully saturated rings. The van der Waals surface area contributed by atoms with Gasteiger partial charge in [-0.25, -0.2) is 0 Å². The van der Waals surface area contributed by atoms with Crippen molar-refractivity contribution >= 4 is 11.9 Å². The number of allylic oxidation sites excluding steroid dienone is 2. The van der Waals surface area contributed by atoms with Crippen LogP contribution in [0.15, 0.2) is 24.3 Å². The van der Waals surface area contributed by atoms with Gasteiger partial charge in [0, 0.05) is 0 Å². The third-order valence-corrected chi connectivity index (χ3v) is 2.85. The molecule has 0 heterocycles. The number of likely N-dealkylation sites (N-methyl/N-ethyl adjacent to an activating group) is 1. The summed E-state index contributed by atoms with van der Waals surface area (Å²) in [7, 11) is 6.01. The number of quaternary nitrogens is 1. The zero-order chi connectivity index (χ0) is 17.7. The third-order valence-electron chi connectivity index (χ3n) is 2.85. The number of rotatable bonds is 11. The molecule has 0 radical (unpaired) electrons. The molecular weight excluding hydrogens is 294 g/mol. The van der Waals surface area contributed by atoms with Crippen molar-refractivity contribution in [3.63, 3.8) is 0 Å². The molecule has 0 saturated carbocycles. The van der Waals surface area contributed by atoms with E-state index < -0.39 is 6.10 Å². The molecule has 0 aliphatic heterocycles. The van der Waals surface area contributed by atoms with E-state index in [-0.39, 0.29) is 31.4 Å². The lowest BCUT2D eigenvalue weighted by Crippen LogP contribution is -2.45. The second-order valence-electron chi connectivity index (χ2n) is 6.44. The topological polar surface area (TPSA) is 52.6 Å². The van der Waals surface area contributed by atoms with Crippen molar-refractivity contribution in [3.05, 3.63) is 24.3 Å². The quantitative estimate of drug-likeness (QED) is 0.333. The van der Waals surface area contributed by atoms with Crippen LogP contribution >= 0.6 is 0 Å². The van der Waals surface area contributed by atoms with Crippen LogP contribution in [-0.4, -0.2) is 56.8 Å². The highest BCUT2D eigenvalue weighted by Gasteiger charge is 2.23. The van der Waals surface area contributed by atoms with Crippen LogP contribution in [0.1, 0.15) is 39.5 Å². The lowest BCUT2D eigenvalue weighted by atomic mass is 10.3. The van der Waals surface area contributed by atoms with Crippen molar-refractivity contribution in [2.75, 3.05) is 34.3 Å². The maximum atomic E-state index is 11.8. The minimum absolute atomic E-state index is 0.0948. The van der Waals surface area contributed by atoms with Crippen molar-refractivity contribution in [3.8, 4) is 0 Å². The van der Waals surface area contributed by atoms with E-state index in [9.17, 15) is 9.59 Å². The van der Waals surface area contributed by atoms with Crippen LogP contribution in [0, 0.1) is 0 Å². The summed E-state index contributed by atoms with van der Waals surface area (Å²) >= 11 is 0. The number of ether oxygens (including phenoxy) is 2. The summed E-state index contributed by atoms with van der Waals surface area (Å²) in [4.78, 5) is 23.5. The lowest BCUT2D eigenvalue weighted by Gasteiger charge is -2.28. The molecule has 0 spiro atoms. The fourth-order valence-electron chi connectivity index (χ4n) is 1.91. The maximum absolute atomic E-state index is 11.8. The van der Waals surface area contributed by atoms with Gasteiger partial charge in [-0.1, -0.05) is 38.2 Å². The van der Waals surface area contributed by atoms with Gasteiger partial charge in [-0.3, -0.25) is 9.59 Å². The SMILES string of the molecule is CC/C=C\CC(=O)OCC(C[N+](C)(C)C)OC(=O)C/C=C\CC. The van der Waals surface area contributed by atoms with E-state index in [1.807, 2.05) is 47.1 Å². The van der Waals surface area contributed by atoms with E-state index >= 15 is 0 Å². The Hall–Kier alpha value is -1.62. The fourth-order valence-corrected chi connectivity index (χ4v) is 1.91. The predicted molar refractivity (Wildman–Crippen MR) is 91.8 cm³/mol. The predicted octanol–water partition coefficient (Wildman–Crippen LogP) is 2.86. The summed E-state index contributed by atoms with van der Waals surface area (Å²) < 4.78 is 11.3. The minimum Gasteiger partial charge on any atom is -0.461 e. The van der Waals surface area contributed by atoms with Crippen molar-refractivity contribution in [2.24, 2.45) is 0 Å². The average Bonchev–Trinajstić information content (AvgIpc) is 2.44. The standard InChI is InChI=1S/C18H32NO4/c1-6-8-10-12-17(20)22-15-16(14-19(3,4)5)23-18(21)13-11-9-7-2/h8-11,16H,6-7,12-15H2,1-5H3/q+1/b10-8-,11-9-. The van der Waals surface area contributed by atoms with Gasteiger partial charge < -0.3 is 14.0 Å². The molecule has 23 heavy (non-hydrogen) atoms. The molecule has 0 bridgehead atoms. The molecule has 132 valence electrons. The van der Waals surface area contributed by atoms with Crippen LogP contribution in [0.25, 0.3) is 0 Å². The highest BCUT2D eigenvalue weighted by molar-refractivity contribution is 5.72. The summed E-state index contributed by atoms with van der Waals surface area (Å²) in [6.45, 7) is 4.69. The molecule has 0 N–H and O–H groups in total. The van der Waals surface area contributed by atoms with Crippen LogP contribution in [0.2, 0.25) is 0 Å². The number of carbonyl (C=O) groups excluding carboxylic acids is 2. The molecule has 0 aromatic rings. The van der Waals surface area contributed by atoms with Gasteiger partial charge in [0.05, 0.1) is 34.0 Å². The van der Waals surface area contributed by atoms with Crippen molar-refractivity contribution in [1.82, 2.24) is 0 Å². The Kier molecular flexibility index (Phi) is 11.0. The lowest BCUT2D eigenvalue weighted by molar-refractivity contribution is -0.873. The zero-order valence-corrected chi connectivity index (χ0v) is 15.2. The number of nitrogens with zero attached hydrogens (tertiary/aromatic N) is 1. The summed E-state index contributed by atoms with van der Waals surface area (Å²) in [5.74, 6) is -0.599. The second-order valence-corrected chi connectivity index (χ2v) is 6.44. The molecule has 0 amide bonds. The van der Waals surface area contributed by atoms with Crippen molar-refractivity contribution < 1.29 is 23.5 Å². The van der Waals surface area contributed by atoms with Crippen LogP contribution in [0.5, 0.6) is 0 Å². The molecule has 1 atom stereocenters. The Morgan fingerprint density at radius 2 is 1.43 bits per heavy atom. The van der Waals surface area contributed by atoms with Crippen molar-refractivity contribution in [1.29, 1.82) is 0 Å². The number of hydrogen-bond donors (Lipinski definition) is 0. The third kappa shape index (κ3) is 13.7. The Morgan fingerprint density at radius 1 is 0.913 bits per heavy atom. The van der Waals surface area contributed by atoms with Gasteiger partial charge in [0.2, 0.25) is 0 Å². The van der Waals surface area contributed by atoms with Crippen LogP contribution in [-0.2, 0) is 19.1 Å². The Bertz CT molecular complexity index is 408. The second kappa shape index (κ2) is 11.9. The molecule has 0 aliphatic rings. The van der Waals surface area contributed by atoms with Gasteiger partial charge in [0.25, 0.3) is 0 Å². The Morgan fingerprint density at radius 3 is 1.91 bits per heavy atom. The van der Waals surface area contributed by atoms with Gasteiger partial charge in [-0.15, -0.1) is 0 Å². The molecule has 1 unspecified atom stereocenters. The first kappa shape index (κ1) is 21.4. The van der Waals surface area contributed by atoms with Gasteiger partial charge in [0.15, 0.2) is 6.10 Å². The summed E-state index contributed by atoms with van der Waals surface area (Å²) in [6.07, 6.45) is 9.27. The minimum atomic E-state index is -0.434. The highest BCUT2D eigenvalue weighted by Crippen LogP contribution is 2.05. The van der Waals surface area contributed by atoms with Crippen LogP contribution < -0.4 is 0 Å². The van der Waals surface area contributed by atoms with Crippen molar-refractivity contribution in [2.45, 2.75) is 45.6 Å². The molecule has 5 nitrogen and oxygen atoms in total. The van der Waals surface area contributed by atoms with Crippen LogP contribution in [0.4, 0.5) is 0 Å². The first-order valence-corrected chi connectivity index (χ1v) is 8.24. The van der Waals surface area contributed by atoms with Gasteiger partial charge in [-0.05, 0) is 12.8 Å². The molecule has 0 aromatic heterocycles. The van der Waals surface area contributed by atoms with E-state index in [1.54, 1.807) is 12.2 Å². The van der Waals surface area contributed by atoms with E-state index in [0.717, 1.165) is 12.8 Å². The van der Waals surface area contributed by atoms with E-state index in [1.165, 1.54) is 0 Å². The fraction of sp³-hybridized carbons (Fsp3) is 0.667. The number of hydrogen-bond acceptors (Lipinski definition) is 4. The van der Waals surface area contributed by atoms with Crippen LogP contribution in [0.3, 0.4) is 0 Å². The van der Waals surface area contributed by atoms with Gasteiger partial charge >= 0.3 is 11.9 Å². The Labute approximate surface area is 140 Å². The summed E-state index contributed by atoms with van der Waals surface area (Å²) in [6, 6.07) is 0. The largest absolute Gasteiger partial charge is 0.461 e. The number of esters is 2. The smallest absolute Gasteiger partial charge is 0.310 e. The first-order chi connectivity index (χ1) is 10.8. The molecule has 0 aliphatic carbocycles. The monoisotopic (exact) mass is 326 g/mol. The molecule has 5 heteroatoms. The summed E-state index contributed by atoms with van der Waals surface area (Å²) in [5.41, 5.74) is 0. The average molecular weight is 326 g/mol.